The number of rotatable bonds is 11. The zero-order valence-corrected chi connectivity index (χ0v) is 53.9. The minimum atomic E-state index is -3.79. The molecule has 22 nitrogen and oxygen atoms in total. The highest BCUT2D eigenvalue weighted by Crippen LogP contribution is 2.37. The third-order valence-corrected chi connectivity index (χ3v) is 17.7. The van der Waals surface area contributed by atoms with Gasteiger partial charge in [0.2, 0.25) is 27.7 Å². The molecule has 23 heteroatoms. The molecule has 6 heterocycles. The molecule has 0 aromatic heterocycles. The first-order valence-electron chi connectivity index (χ1n) is 30.9. The minimum absolute atomic E-state index is 0.00323. The Labute approximate surface area is 555 Å². The molecule has 0 spiro atoms. The summed E-state index contributed by atoms with van der Waals surface area (Å²) in [5.41, 5.74) is 17.7. The van der Waals surface area contributed by atoms with Gasteiger partial charge in [0.05, 0.1) is 46.9 Å². The van der Waals surface area contributed by atoms with Crippen molar-refractivity contribution in [3.63, 3.8) is 0 Å². The van der Waals surface area contributed by atoms with Crippen molar-refractivity contribution in [1.82, 2.24) is 10.6 Å². The standard InChI is InChI=1S/C21H22N4O2.C20H20N4O2.C17H16N2O.C15H13N3O4S/c1-13-23-17-9-8-14(11-18(17)24-13)12-20(26)25-10-4-6-15-16(21(27)22-2)5-3-7-19(15)25;1-12-22-16-7-6-13(10-17(16)23-12)11-19(25)24-9-8-14-15(20(26)21-2)4-3-5-18(14)24;1-12-10-14-11-13(8-9-16(14)18-12)17(20)19(2)15-6-4-3-5-7-15;16-23(21,22)12-4-1-9(2-5-12)15(20)17-11-3-6-13-10(7-11)8-14(19)18-13/h3,5,7-9,11,23-24H,1,4,6,10,12H2,2H3,(H,22,27);3-7,10,22-23H,1,8-9,11H2,2H3,(H,21,26);3-9,11,18H,1,10H2,2H3;1-7H,8H2,(H,17,20)(H,18,19)(H2,16,21,22). The van der Waals surface area contributed by atoms with Crippen LogP contribution >= 0.6 is 0 Å². The highest BCUT2D eigenvalue weighted by molar-refractivity contribution is 7.89. The Morgan fingerprint density at radius 1 is 0.531 bits per heavy atom. The predicted molar refractivity (Wildman–Crippen MR) is 376 cm³/mol. The number of primary sulfonamides is 1. The number of anilines is 10. The number of amides is 7. The highest BCUT2D eigenvalue weighted by Gasteiger charge is 2.30. The van der Waals surface area contributed by atoms with Crippen LogP contribution in [0.4, 0.5) is 56.9 Å². The number of hydrogen-bond donors (Lipinski definition) is 10. The summed E-state index contributed by atoms with van der Waals surface area (Å²) in [6, 6.07) is 48.7. The molecule has 7 amide bonds. The molecule has 0 saturated carbocycles. The maximum atomic E-state index is 13.0. The fraction of sp³-hybridized carbons (Fsp3) is 0.164. The lowest BCUT2D eigenvalue weighted by Gasteiger charge is -2.30. The summed E-state index contributed by atoms with van der Waals surface area (Å²) in [6.45, 7) is 12.9. The van der Waals surface area contributed by atoms with E-state index in [0.29, 0.717) is 60.3 Å². The van der Waals surface area contributed by atoms with Crippen molar-refractivity contribution in [3.05, 3.63) is 257 Å². The van der Waals surface area contributed by atoms with E-state index in [9.17, 15) is 42.0 Å². The average Bonchev–Trinajstić information content (AvgIpc) is 1.92. The summed E-state index contributed by atoms with van der Waals surface area (Å²) >= 11 is 0. The van der Waals surface area contributed by atoms with Crippen LogP contribution in [0.2, 0.25) is 0 Å². The molecular weight excluding hydrogens is 1230 g/mol. The molecule has 0 bridgehead atoms. The van der Waals surface area contributed by atoms with Crippen molar-refractivity contribution < 1.29 is 42.0 Å². The smallest absolute Gasteiger partial charge is 0.258 e. The topological polar surface area (TPSA) is 298 Å². The molecule has 0 radical (unpaired) electrons. The molecule has 488 valence electrons. The van der Waals surface area contributed by atoms with Gasteiger partial charge in [-0.1, -0.05) is 62.2 Å². The molecule has 14 rings (SSSR count). The van der Waals surface area contributed by atoms with Crippen LogP contribution in [0.15, 0.2) is 206 Å². The molecule has 8 aromatic carbocycles. The van der Waals surface area contributed by atoms with E-state index in [1.54, 1.807) is 55.2 Å². The second kappa shape index (κ2) is 28.2. The van der Waals surface area contributed by atoms with Gasteiger partial charge in [-0.3, -0.25) is 33.6 Å². The van der Waals surface area contributed by atoms with Crippen LogP contribution in [0, 0.1) is 0 Å². The van der Waals surface area contributed by atoms with Crippen molar-refractivity contribution >= 4 is 108 Å². The van der Waals surface area contributed by atoms with E-state index >= 15 is 0 Å². The monoisotopic (exact) mass is 1310 g/mol. The van der Waals surface area contributed by atoms with E-state index in [4.69, 9.17) is 5.14 Å². The van der Waals surface area contributed by atoms with Crippen molar-refractivity contribution in [2.75, 3.05) is 86.1 Å². The molecule has 0 fully saturated rings. The lowest BCUT2D eigenvalue weighted by Crippen LogP contribution is -2.37. The first-order valence-corrected chi connectivity index (χ1v) is 32.4. The third-order valence-electron chi connectivity index (χ3n) is 16.8. The van der Waals surface area contributed by atoms with Crippen LogP contribution in [0.3, 0.4) is 0 Å². The van der Waals surface area contributed by atoms with E-state index in [1.807, 2.05) is 120 Å². The zero-order valence-electron chi connectivity index (χ0n) is 53.1. The molecule has 8 aromatic rings. The predicted octanol–water partition coefficient (Wildman–Crippen LogP) is 9.89. The number of carbonyl (C=O) groups is 7. The van der Waals surface area contributed by atoms with Gasteiger partial charge in [0.15, 0.2) is 0 Å². The zero-order chi connectivity index (χ0) is 67.9. The van der Waals surface area contributed by atoms with Gasteiger partial charge in [0.25, 0.3) is 23.6 Å². The molecule has 6 aliphatic heterocycles. The molecule has 96 heavy (non-hydrogen) atoms. The molecule has 0 atom stereocenters. The number of nitrogens with two attached hydrogens (primary N) is 1. The van der Waals surface area contributed by atoms with Gasteiger partial charge in [0, 0.05) is 103 Å². The van der Waals surface area contributed by atoms with E-state index in [1.165, 1.54) is 24.3 Å². The van der Waals surface area contributed by atoms with Crippen LogP contribution in [-0.2, 0) is 62.9 Å². The van der Waals surface area contributed by atoms with Gasteiger partial charge >= 0.3 is 0 Å². The van der Waals surface area contributed by atoms with Crippen LogP contribution in [-0.4, -0.2) is 84.0 Å². The van der Waals surface area contributed by atoms with E-state index in [-0.39, 0.29) is 52.7 Å². The molecule has 6 aliphatic rings. The summed E-state index contributed by atoms with van der Waals surface area (Å²) in [6.07, 6.45) is 4.03. The third kappa shape index (κ3) is 14.8. The van der Waals surface area contributed by atoms with Gasteiger partial charge in [-0.05, 0) is 174 Å². The maximum Gasteiger partial charge on any atom is 0.258 e. The van der Waals surface area contributed by atoms with Crippen molar-refractivity contribution in [3.8, 4) is 0 Å². The summed E-state index contributed by atoms with van der Waals surface area (Å²) in [5, 5.41) is 31.5. The maximum absolute atomic E-state index is 13.0. The molecule has 11 N–H and O–H groups in total. The normalized spacial score (nSPS) is 13.9. The van der Waals surface area contributed by atoms with Crippen LogP contribution in [0.25, 0.3) is 0 Å². The van der Waals surface area contributed by atoms with Crippen LogP contribution in [0.5, 0.6) is 0 Å². The number of nitrogens with zero attached hydrogens (tertiary/aromatic N) is 3. The molecular formula is C73H71N13O9S. The summed E-state index contributed by atoms with van der Waals surface area (Å²) in [4.78, 5) is 91.3. The number of benzene rings is 8. The SMILES string of the molecule is C=C1Cc2cc(C(=O)N(C)c3ccccc3)ccc2N1.C=C1Nc2ccc(CC(=O)N3CCCc4c(C(=O)NC)cccc43)cc2N1.C=C1Nc2ccc(CC(=O)N3CCc4c(C(=O)NC)cccc43)cc2N1.NS(=O)(=O)c1ccc(C(=O)Nc2ccc3c(c2)CC(=O)N3)cc1. The number of hydrogen-bond acceptors (Lipinski definition) is 14. The second-order valence-corrected chi connectivity index (χ2v) is 24.9. The lowest BCUT2D eigenvalue weighted by molar-refractivity contribution is -0.118. The van der Waals surface area contributed by atoms with E-state index in [0.717, 1.165) is 121 Å². The summed E-state index contributed by atoms with van der Waals surface area (Å²) in [5.74, 6) is 0.838. The van der Waals surface area contributed by atoms with Crippen molar-refractivity contribution in [2.24, 2.45) is 5.14 Å². The Morgan fingerprint density at radius 3 is 1.64 bits per heavy atom. The van der Waals surface area contributed by atoms with Crippen LogP contribution < -0.4 is 67.7 Å². The Kier molecular flexibility index (Phi) is 19.3. The first kappa shape index (κ1) is 65.7. The minimum Gasteiger partial charge on any atom is -0.359 e. The quantitative estimate of drug-likeness (QED) is 0.0577. The number of allylic oxidation sites excluding steroid dienone is 1. The average molecular weight is 1310 g/mol. The number of para-hydroxylation sites is 1. The van der Waals surface area contributed by atoms with Gasteiger partial charge in [-0.15, -0.1) is 0 Å². The number of sulfonamides is 1. The number of nitrogens with one attached hydrogen (secondary N) is 9. The molecule has 0 unspecified atom stereocenters. The van der Waals surface area contributed by atoms with Crippen molar-refractivity contribution in [2.45, 2.75) is 49.8 Å². The fourth-order valence-electron chi connectivity index (χ4n) is 12.1. The van der Waals surface area contributed by atoms with E-state index in [2.05, 4.69) is 67.6 Å². The largest absolute Gasteiger partial charge is 0.359 e. The fourth-order valence-corrected chi connectivity index (χ4v) is 12.6. The molecule has 0 aliphatic carbocycles. The Hall–Kier alpha value is -11.8. The summed E-state index contributed by atoms with van der Waals surface area (Å²) in [7, 11) is 1.25. The van der Waals surface area contributed by atoms with Gasteiger partial charge in [-0.25, -0.2) is 13.6 Å². The first-order chi connectivity index (χ1) is 46.1. The Morgan fingerprint density at radius 2 is 1.05 bits per heavy atom. The Balaban J connectivity index is 0.000000131. The Bertz CT molecular complexity index is 4630. The number of carbonyl (C=O) groups excluding carboxylic acids is 7. The highest BCUT2D eigenvalue weighted by atomic mass is 32.2. The molecule has 0 saturated heterocycles. The summed E-state index contributed by atoms with van der Waals surface area (Å²) < 4.78 is 22.4. The number of fused-ring (bicyclic) bond motifs is 6. The van der Waals surface area contributed by atoms with Gasteiger partial charge < -0.3 is 62.6 Å². The van der Waals surface area contributed by atoms with Crippen LogP contribution in [0.1, 0.15) is 81.2 Å². The lowest BCUT2D eigenvalue weighted by atomic mass is 9.95. The second-order valence-electron chi connectivity index (χ2n) is 23.4. The van der Waals surface area contributed by atoms with Gasteiger partial charge in [-0.2, -0.15) is 0 Å². The van der Waals surface area contributed by atoms with E-state index < -0.39 is 10.0 Å². The van der Waals surface area contributed by atoms with Crippen molar-refractivity contribution in [1.29, 1.82) is 0 Å². The van der Waals surface area contributed by atoms with Gasteiger partial charge in [0.1, 0.15) is 11.6 Å².